The van der Waals surface area contributed by atoms with Crippen molar-refractivity contribution in [2.24, 2.45) is 10.8 Å². The molecular formula is C22H39N. The van der Waals surface area contributed by atoms with Gasteiger partial charge in [-0.2, -0.15) is 0 Å². The Hall–Kier alpha value is -0.560. The molecule has 2 fully saturated rings. The summed E-state index contributed by atoms with van der Waals surface area (Å²) in [5.74, 6) is 0. The Morgan fingerprint density at radius 2 is 1.13 bits per heavy atom. The molecule has 0 radical (unpaired) electrons. The van der Waals surface area contributed by atoms with Crippen LogP contribution in [0.5, 0.6) is 0 Å². The molecule has 2 aliphatic carbocycles. The van der Waals surface area contributed by atoms with E-state index < -0.39 is 0 Å². The van der Waals surface area contributed by atoms with Gasteiger partial charge >= 0.3 is 0 Å². The van der Waals surface area contributed by atoms with Gasteiger partial charge in [-0.3, -0.25) is 0 Å². The SMILES string of the molecule is CC(C)(C)C=C1CCCC(NC2CCCC(=CC(C)(C)C)C2)C1. The van der Waals surface area contributed by atoms with Crippen LogP contribution in [0, 0.1) is 10.8 Å². The van der Waals surface area contributed by atoms with Crippen molar-refractivity contribution >= 4 is 0 Å². The van der Waals surface area contributed by atoms with Crippen LogP contribution in [-0.4, -0.2) is 12.1 Å². The molecule has 2 saturated carbocycles. The van der Waals surface area contributed by atoms with Crippen LogP contribution in [0.2, 0.25) is 0 Å². The van der Waals surface area contributed by atoms with Crippen molar-refractivity contribution in [2.45, 2.75) is 105 Å². The smallest absolute Gasteiger partial charge is 0.0107 e. The molecule has 0 aromatic carbocycles. The molecule has 2 atom stereocenters. The maximum absolute atomic E-state index is 4.01. The minimum atomic E-state index is 0.324. The van der Waals surface area contributed by atoms with Gasteiger partial charge in [0.1, 0.15) is 0 Å². The van der Waals surface area contributed by atoms with Crippen LogP contribution in [-0.2, 0) is 0 Å². The molecule has 23 heavy (non-hydrogen) atoms. The molecule has 0 bridgehead atoms. The summed E-state index contributed by atoms with van der Waals surface area (Å²) < 4.78 is 0. The van der Waals surface area contributed by atoms with Gasteiger partial charge in [-0.25, -0.2) is 0 Å². The number of hydrogen-bond acceptors (Lipinski definition) is 1. The minimum absolute atomic E-state index is 0.324. The second-order valence-electron chi connectivity index (χ2n) is 10.1. The van der Waals surface area contributed by atoms with Crippen LogP contribution >= 0.6 is 0 Å². The molecule has 0 saturated heterocycles. The van der Waals surface area contributed by atoms with E-state index in [1.807, 2.05) is 0 Å². The summed E-state index contributed by atoms with van der Waals surface area (Å²) in [4.78, 5) is 0. The number of hydrogen-bond donors (Lipinski definition) is 1. The molecule has 0 aromatic rings. The molecule has 0 aromatic heterocycles. The lowest BCUT2D eigenvalue weighted by molar-refractivity contribution is 0.334. The third-order valence-electron chi connectivity index (χ3n) is 4.86. The monoisotopic (exact) mass is 317 g/mol. The first-order valence-electron chi connectivity index (χ1n) is 9.78. The molecule has 0 spiro atoms. The summed E-state index contributed by atoms with van der Waals surface area (Å²) in [6.07, 6.45) is 15.6. The third kappa shape index (κ3) is 7.25. The van der Waals surface area contributed by atoms with Crippen LogP contribution in [0.3, 0.4) is 0 Å². The van der Waals surface area contributed by atoms with Crippen LogP contribution in [0.1, 0.15) is 92.9 Å². The van der Waals surface area contributed by atoms with Gasteiger partial charge in [0.05, 0.1) is 0 Å². The second-order valence-corrected chi connectivity index (χ2v) is 10.1. The summed E-state index contributed by atoms with van der Waals surface area (Å²) >= 11 is 0. The van der Waals surface area contributed by atoms with Gasteiger partial charge in [0, 0.05) is 12.1 Å². The average molecular weight is 318 g/mol. The fourth-order valence-electron chi connectivity index (χ4n) is 4.30. The largest absolute Gasteiger partial charge is 0.311 e. The second kappa shape index (κ2) is 7.55. The number of rotatable bonds is 2. The van der Waals surface area contributed by atoms with Crippen LogP contribution in [0.25, 0.3) is 0 Å². The normalized spacial score (nSPS) is 30.9. The molecule has 0 aliphatic heterocycles. The predicted molar refractivity (Wildman–Crippen MR) is 103 cm³/mol. The van der Waals surface area contributed by atoms with E-state index in [1.165, 1.54) is 51.4 Å². The van der Waals surface area contributed by atoms with Gasteiger partial charge in [-0.1, -0.05) is 64.8 Å². The van der Waals surface area contributed by atoms with Crippen molar-refractivity contribution in [1.29, 1.82) is 0 Å². The Morgan fingerprint density at radius 1 is 0.739 bits per heavy atom. The van der Waals surface area contributed by atoms with E-state index in [0.29, 0.717) is 22.9 Å². The zero-order chi connectivity index (χ0) is 17.1. The molecule has 1 heteroatoms. The van der Waals surface area contributed by atoms with Gasteiger partial charge in [-0.05, 0) is 62.2 Å². The van der Waals surface area contributed by atoms with Gasteiger partial charge in [-0.15, -0.1) is 0 Å². The van der Waals surface area contributed by atoms with Crippen LogP contribution in [0.4, 0.5) is 0 Å². The minimum Gasteiger partial charge on any atom is -0.311 e. The number of allylic oxidation sites excluding steroid dienone is 2. The van der Waals surface area contributed by atoms with Crippen LogP contribution in [0.15, 0.2) is 23.3 Å². The summed E-state index contributed by atoms with van der Waals surface area (Å²) in [7, 11) is 0. The molecule has 0 amide bonds. The van der Waals surface area contributed by atoms with E-state index >= 15 is 0 Å². The van der Waals surface area contributed by atoms with E-state index in [1.54, 1.807) is 11.1 Å². The Morgan fingerprint density at radius 3 is 1.48 bits per heavy atom. The van der Waals surface area contributed by atoms with E-state index in [2.05, 4.69) is 59.0 Å². The Bertz CT molecular complexity index is 400. The van der Waals surface area contributed by atoms with E-state index in [0.717, 1.165) is 0 Å². The summed E-state index contributed by atoms with van der Waals surface area (Å²) in [6, 6.07) is 1.41. The van der Waals surface area contributed by atoms with Crippen molar-refractivity contribution in [3.05, 3.63) is 23.3 Å². The van der Waals surface area contributed by atoms with Crippen molar-refractivity contribution in [2.75, 3.05) is 0 Å². The highest BCUT2D eigenvalue weighted by molar-refractivity contribution is 5.14. The third-order valence-corrected chi connectivity index (χ3v) is 4.86. The quantitative estimate of drug-likeness (QED) is 0.580. The zero-order valence-electron chi connectivity index (χ0n) is 16.5. The van der Waals surface area contributed by atoms with Gasteiger partial charge < -0.3 is 5.32 Å². The molecule has 132 valence electrons. The first-order chi connectivity index (χ1) is 10.6. The van der Waals surface area contributed by atoms with Crippen molar-refractivity contribution in [3.8, 4) is 0 Å². The maximum atomic E-state index is 4.01. The zero-order valence-corrected chi connectivity index (χ0v) is 16.5. The van der Waals surface area contributed by atoms with Crippen molar-refractivity contribution in [1.82, 2.24) is 5.32 Å². The van der Waals surface area contributed by atoms with Gasteiger partial charge in [0.2, 0.25) is 0 Å². The topological polar surface area (TPSA) is 12.0 Å². The van der Waals surface area contributed by atoms with Gasteiger partial charge in [0.15, 0.2) is 0 Å². The first-order valence-corrected chi connectivity index (χ1v) is 9.78. The fourth-order valence-corrected chi connectivity index (χ4v) is 4.30. The molecule has 2 aliphatic rings. The lowest BCUT2D eigenvalue weighted by atomic mass is 9.82. The molecule has 2 unspecified atom stereocenters. The summed E-state index contributed by atoms with van der Waals surface area (Å²) in [6.45, 7) is 13.9. The Labute approximate surface area is 145 Å². The van der Waals surface area contributed by atoms with E-state index in [-0.39, 0.29) is 0 Å². The van der Waals surface area contributed by atoms with Crippen molar-refractivity contribution in [3.63, 3.8) is 0 Å². The van der Waals surface area contributed by atoms with Crippen molar-refractivity contribution < 1.29 is 0 Å². The maximum Gasteiger partial charge on any atom is 0.0107 e. The highest BCUT2D eigenvalue weighted by Crippen LogP contribution is 2.32. The van der Waals surface area contributed by atoms with Crippen LogP contribution < -0.4 is 5.32 Å². The van der Waals surface area contributed by atoms with E-state index in [9.17, 15) is 0 Å². The molecule has 0 heterocycles. The highest BCUT2D eigenvalue weighted by atomic mass is 15.0. The average Bonchev–Trinajstić information content (AvgIpc) is 2.35. The lowest BCUT2D eigenvalue weighted by Crippen LogP contribution is -2.41. The first kappa shape index (κ1) is 18.8. The standard InChI is InChI=1S/C22H39N/c1-21(2,3)15-17-9-7-11-19(13-17)23-20-12-8-10-18(14-20)16-22(4,5)6/h15-16,19-20,23H,7-14H2,1-6H3. The van der Waals surface area contributed by atoms with Gasteiger partial charge in [0.25, 0.3) is 0 Å². The van der Waals surface area contributed by atoms with E-state index in [4.69, 9.17) is 0 Å². The molecular weight excluding hydrogens is 278 g/mol. The highest BCUT2D eigenvalue weighted by Gasteiger charge is 2.24. The lowest BCUT2D eigenvalue weighted by Gasteiger charge is -2.34. The fraction of sp³-hybridized carbons (Fsp3) is 0.818. The summed E-state index contributed by atoms with van der Waals surface area (Å²) in [5.41, 5.74) is 4.01. The Kier molecular flexibility index (Phi) is 6.16. The molecule has 1 nitrogen and oxygen atoms in total. The summed E-state index contributed by atoms with van der Waals surface area (Å²) in [5, 5.41) is 4.01. The number of nitrogens with one attached hydrogen (secondary N) is 1. The molecule has 1 N–H and O–H groups in total. The Balaban J connectivity index is 1.91. The predicted octanol–water partition coefficient (Wildman–Crippen LogP) is 6.41. The molecule has 2 rings (SSSR count).